The first-order valence-electron chi connectivity index (χ1n) is 7.72. The molecule has 0 saturated heterocycles. The number of aromatic amines is 1. The second-order valence-electron chi connectivity index (χ2n) is 6.24. The molecule has 1 N–H and O–H groups in total. The van der Waals surface area contributed by atoms with E-state index in [4.69, 9.17) is 11.6 Å². The molecule has 0 saturated carbocycles. The summed E-state index contributed by atoms with van der Waals surface area (Å²) in [5.41, 5.74) is 2.50. The van der Waals surface area contributed by atoms with Gasteiger partial charge in [0, 0.05) is 32.0 Å². The molecule has 2 aromatic rings. The molecule has 3 rings (SSSR count). The van der Waals surface area contributed by atoms with Crippen LogP contribution in [0.3, 0.4) is 0 Å². The maximum absolute atomic E-state index is 13.2. The molecule has 0 spiro atoms. The summed E-state index contributed by atoms with van der Waals surface area (Å²) >= 11 is 5.83. The van der Waals surface area contributed by atoms with Crippen LogP contribution in [-0.4, -0.2) is 21.4 Å². The Labute approximate surface area is 139 Å². The van der Waals surface area contributed by atoms with Crippen molar-refractivity contribution >= 4 is 11.6 Å². The maximum atomic E-state index is 13.2. The van der Waals surface area contributed by atoms with Crippen molar-refractivity contribution in [2.24, 2.45) is 0 Å². The minimum atomic E-state index is -0.415. The van der Waals surface area contributed by atoms with E-state index in [0.29, 0.717) is 13.1 Å². The topological polar surface area (TPSA) is 49.0 Å². The van der Waals surface area contributed by atoms with Crippen LogP contribution in [0.25, 0.3) is 0 Å². The predicted molar refractivity (Wildman–Crippen MR) is 88.2 cm³/mol. The minimum absolute atomic E-state index is 0.0551. The van der Waals surface area contributed by atoms with Crippen LogP contribution in [0.15, 0.2) is 23.0 Å². The lowest BCUT2D eigenvalue weighted by atomic mass is 10.0. The number of rotatable bonds is 3. The van der Waals surface area contributed by atoms with Gasteiger partial charge in [-0.2, -0.15) is 0 Å². The molecular weight excluding hydrogens is 317 g/mol. The molecular formula is C17H19ClFN3O. The van der Waals surface area contributed by atoms with Crippen LogP contribution in [0.2, 0.25) is 5.02 Å². The van der Waals surface area contributed by atoms with E-state index in [0.717, 1.165) is 35.6 Å². The number of nitrogens with zero attached hydrogens (tertiary/aromatic N) is 2. The first kappa shape index (κ1) is 16.1. The Hall–Kier alpha value is -1.72. The Balaban J connectivity index is 1.80. The summed E-state index contributed by atoms with van der Waals surface area (Å²) in [6.07, 6.45) is 0.744. The molecule has 1 aliphatic heterocycles. The van der Waals surface area contributed by atoms with Gasteiger partial charge in [0.15, 0.2) is 0 Å². The van der Waals surface area contributed by atoms with E-state index < -0.39 is 5.82 Å². The van der Waals surface area contributed by atoms with E-state index in [1.807, 2.05) is 13.8 Å². The number of H-pyrrole nitrogens is 1. The van der Waals surface area contributed by atoms with Gasteiger partial charge < -0.3 is 4.98 Å². The van der Waals surface area contributed by atoms with E-state index in [-0.39, 0.29) is 16.5 Å². The molecule has 0 aliphatic carbocycles. The molecule has 0 fully saturated rings. The maximum Gasteiger partial charge on any atom is 0.255 e. The highest BCUT2D eigenvalue weighted by molar-refractivity contribution is 6.30. The highest BCUT2D eigenvalue weighted by Gasteiger charge is 2.22. The van der Waals surface area contributed by atoms with Crippen molar-refractivity contribution in [2.75, 3.05) is 6.54 Å². The molecule has 0 bridgehead atoms. The van der Waals surface area contributed by atoms with Crippen LogP contribution < -0.4 is 5.56 Å². The van der Waals surface area contributed by atoms with Gasteiger partial charge in [0.25, 0.3) is 5.56 Å². The van der Waals surface area contributed by atoms with E-state index in [1.54, 1.807) is 12.1 Å². The number of benzene rings is 1. The van der Waals surface area contributed by atoms with Crippen molar-refractivity contribution in [1.29, 1.82) is 0 Å². The van der Waals surface area contributed by atoms with Crippen LogP contribution in [0.1, 0.15) is 42.4 Å². The van der Waals surface area contributed by atoms with Crippen LogP contribution in [0.5, 0.6) is 0 Å². The fraction of sp³-hybridized carbons (Fsp3) is 0.412. The normalized spacial score (nSPS) is 15.0. The number of aromatic nitrogens is 2. The average Bonchev–Trinajstić information content (AvgIpc) is 2.51. The molecule has 0 atom stereocenters. The number of hydrogen-bond acceptors (Lipinski definition) is 3. The van der Waals surface area contributed by atoms with E-state index in [1.165, 1.54) is 6.07 Å². The first-order valence-corrected chi connectivity index (χ1v) is 8.10. The van der Waals surface area contributed by atoms with Crippen molar-refractivity contribution in [3.05, 3.63) is 62.0 Å². The fourth-order valence-electron chi connectivity index (χ4n) is 2.80. The monoisotopic (exact) mass is 335 g/mol. The molecule has 6 heteroatoms. The van der Waals surface area contributed by atoms with Crippen molar-refractivity contribution in [3.8, 4) is 0 Å². The zero-order chi connectivity index (χ0) is 16.6. The largest absolute Gasteiger partial charge is 0.310 e. The number of fused-ring (bicyclic) bond motifs is 1. The molecule has 0 radical (unpaired) electrons. The summed E-state index contributed by atoms with van der Waals surface area (Å²) in [7, 11) is 0. The zero-order valence-corrected chi connectivity index (χ0v) is 14.0. The quantitative estimate of drug-likeness (QED) is 0.936. The van der Waals surface area contributed by atoms with Gasteiger partial charge in [0.2, 0.25) is 0 Å². The van der Waals surface area contributed by atoms with Gasteiger partial charge in [-0.15, -0.1) is 0 Å². The van der Waals surface area contributed by atoms with Crippen molar-refractivity contribution in [2.45, 2.75) is 39.3 Å². The lowest BCUT2D eigenvalue weighted by molar-refractivity contribution is 0.241. The highest BCUT2D eigenvalue weighted by atomic mass is 35.5. The summed E-state index contributed by atoms with van der Waals surface area (Å²) in [5, 5.41) is 0.126. The van der Waals surface area contributed by atoms with E-state index in [2.05, 4.69) is 14.9 Å². The highest BCUT2D eigenvalue weighted by Crippen LogP contribution is 2.21. The lowest BCUT2D eigenvalue weighted by Gasteiger charge is -2.28. The van der Waals surface area contributed by atoms with Crippen molar-refractivity contribution < 1.29 is 4.39 Å². The fourth-order valence-corrected chi connectivity index (χ4v) is 3.01. The van der Waals surface area contributed by atoms with Gasteiger partial charge in [0.1, 0.15) is 11.6 Å². The Morgan fingerprint density at radius 1 is 1.43 bits per heavy atom. The SMILES string of the molecule is CC(C)c1nc2c(c(=O)[nH]1)CN(Cc1ccc(F)c(Cl)c1)CC2. The second-order valence-corrected chi connectivity index (χ2v) is 6.65. The molecule has 4 nitrogen and oxygen atoms in total. The lowest BCUT2D eigenvalue weighted by Crippen LogP contribution is -2.35. The second kappa shape index (κ2) is 6.42. The van der Waals surface area contributed by atoms with Crippen LogP contribution in [0.4, 0.5) is 4.39 Å². The number of halogens is 2. The minimum Gasteiger partial charge on any atom is -0.310 e. The molecule has 1 aromatic heterocycles. The Morgan fingerprint density at radius 2 is 2.22 bits per heavy atom. The zero-order valence-electron chi connectivity index (χ0n) is 13.2. The third-order valence-corrected chi connectivity index (χ3v) is 4.39. The summed E-state index contributed by atoms with van der Waals surface area (Å²) < 4.78 is 13.2. The van der Waals surface area contributed by atoms with Gasteiger partial charge in [-0.25, -0.2) is 9.37 Å². The average molecular weight is 336 g/mol. The number of nitrogens with one attached hydrogen (secondary N) is 1. The molecule has 0 unspecified atom stereocenters. The summed E-state index contributed by atoms with van der Waals surface area (Å²) in [4.78, 5) is 21.9. The van der Waals surface area contributed by atoms with Crippen molar-refractivity contribution in [3.63, 3.8) is 0 Å². The summed E-state index contributed by atoms with van der Waals surface area (Å²) in [5.74, 6) is 0.529. The summed E-state index contributed by atoms with van der Waals surface area (Å²) in [6.45, 7) is 6.02. The van der Waals surface area contributed by atoms with Crippen LogP contribution in [-0.2, 0) is 19.5 Å². The summed E-state index contributed by atoms with van der Waals surface area (Å²) in [6, 6.07) is 4.73. The smallest absolute Gasteiger partial charge is 0.255 e. The van der Waals surface area contributed by atoms with E-state index >= 15 is 0 Å². The number of hydrogen-bond donors (Lipinski definition) is 1. The third-order valence-electron chi connectivity index (χ3n) is 4.10. The van der Waals surface area contributed by atoms with Gasteiger partial charge in [-0.1, -0.05) is 31.5 Å². The Bertz CT molecular complexity index is 788. The molecule has 1 aromatic carbocycles. The predicted octanol–water partition coefficient (Wildman–Crippen LogP) is 3.24. The van der Waals surface area contributed by atoms with Crippen LogP contribution in [0, 0.1) is 5.82 Å². The van der Waals surface area contributed by atoms with E-state index in [9.17, 15) is 9.18 Å². The van der Waals surface area contributed by atoms with Crippen LogP contribution >= 0.6 is 11.6 Å². The van der Waals surface area contributed by atoms with Gasteiger partial charge >= 0.3 is 0 Å². The van der Waals surface area contributed by atoms with Crippen molar-refractivity contribution in [1.82, 2.24) is 14.9 Å². The Morgan fingerprint density at radius 3 is 2.91 bits per heavy atom. The van der Waals surface area contributed by atoms with Gasteiger partial charge in [-0.3, -0.25) is 9.69 Å². The standard InChI is InChI=1S/C17H19ClFN3O/c1-10(2)16-20-15-5-6-22(9-12(15)17(23)21-16)8-11-3-4-14(19)13(18)7-11/h3-4,7,10H,5-6,8-9H2,1-2H3,(H,20,21,23). The molecule has 0 amide bonds. The molecule has 1 aliphatic rings. The molecule has 2 heterocycles. The first-order chi connectivity index (χ1) is 10.9. The van der Waals surface area contributed by atoms with Gasteiger partial charge in [0.05, 0.1) is 16.3 Å². The van der Waals surface area contributed by atoms with Gasteiger partial charge in [-0.05, 0) is 17.7 Å². The third kappa shape index (κ3) is 3.46. The Kier molecular flexibility index (Phi) is 4.50. The molecule has 23 heavy (non-hydrogen) atoms. The molecule has 122 valence electrons.